The maximum absolute atomic E-state index is 12.3. The standard InChI is InChI=1S/C19H23NO5/c1-5-25-15-9-7-14(8-10-15)20-17(21)12-13-6-11-16(22-2)19(24-4)18(13)23-3/h6-11H,5,12H2,1-4H3,(H,20,21). The molecule has 1 amide bonds. The number of ether oxygens (including phenoxy) is 4. The van der Waals surface area contributed by atoms with Gasteiger partial charge in [-0.25, -0.2) is 0 Å². The first-order valence-corrected chi connectivity index (χ1v) is 7.93. The largest absolute Gasteiger partial charge is 0.494 e. The van der Waals surface area contributed by atoms with Gasteiger partial charge in [0.25, 0.3) is 0 Å². The van der Waals surface area contributed by atoms with Gasteiger partial charge < -0.3 is 24.3 Å². The molecular formula is C19H23NO5. The Morgan fingerprint density at radius 2 is 1.60 bits per heavy atom. The van der Waals surface area contributed by atoms with Gasteiger partial charge in [-0.3, -0.25) is 4.79 Å². The molecule has 0 aliphatic heterocycles. The lowest BCUT2D eigenvalue weighted by molar-refractivity contribution is -0.115. The van der Waals surface area contributed by atoms with Gasteiger partial charge in [-0.2, -0.15) is 0 Å². The van der Waals surface area contributed by atoms with Crippen LogP contribution in [-0.2, 0) is 11.2 Å². The number of hydrogen-bond donors (Lipinski definition) is 1. The molecule has 0 heterocycles. The molecule has 0 unspecified atom stereocenters. The van der Waals surface area contributed by atoms with E-state index in [-0.39, 0.29) is 12.3 Å². The number of amides is 1. The minimum absolute atomic E-state index is 0.150. The molecule has 2 aromatic carbocycles. The predicted molar refractivity (Wildman–Crippen MR) is 96.0 cm³/mol. The highest BCUT2D eigenvalue weighted by Gasteiger charge is 2.17. The van der Waals surface area contributed by atoms with Crippen LogP contribution in [0.3, 0.4) is 0 Å². The average Bonchev–Trinajstić information content (AvgIpc) is 2.63. The van der Waals surface area contributed by atoms with Crippen LogP contribution in [0.25, 0.3) is 0 Å². The summed E-state index contributed by atoms with van der Waals surface area (Å²) in [5.74, 6) is 2.12. The summed E-state index contributed by atoms with van der Waals surface area (Å²) in [6, 6.07) is 10.8. The quantitative estimate of drug-likeness (QED) is 0.795. The molecule has 0 aromatic heterocycles. The van der Waals surface area contributed by atoms with Crippen LogP contribution < -0.4 is 24.3 Å². The minimum atomic E-state index is -0.158. The van der Waals surface area contributed by atoms with E-state index in [0.717, 1.165) is 5.75 Å². The number of hydrogen-bond acceptors (Lipinski definition) is 5. The zero-order valence-electron chi connectivity index (χ0n) is 14.9. The van der Waals surface area contributed by atoms with E-state index in [1.54, 1.807) is 31.4 Å². The summed E-state index contributed by atoms with van der Waals surface area (Å²) in [4.78, 5) is 12.3. The molecule has 6 heteroatoms. The first-order chi connectivity index (χ1) is 12.1. The van der Waals surface area contributed by atoms with Gasteiger partial charge in [-0.15, -0.1) is 0 Å². The van der Waals surface area contributed by atoms with Crippen molar-refractivity contribution in [3.8, 4) is 23.0 Å². The molecule has 1 N–H and O–H groups in total. The van der Waals surface area contributed by atoms with Gasteiger partial charge in [0.2, 0.25) is 11.7 Å². The Labute approximate surface area is 147 Å². The molecular weight excluding hydrogens is 322 g/mol. The number of methoxy groups -OCH3 is 3. The fraction of sp³-hybridized carbons (Fsp3) is 0.316. The van der Waals surface area contributed by atoms with Crippen molar-refractivity contribution in [2.75, 3.05) is 33.3 Å². The predicted octanol–water partition coefficient (Wildman–Crippen LogP) is 3.29. The van der Waals surface area contributed by atoms with E-state index >= 15 is 0 Å². The summed E-state index contributed by atoms with van der Waals surface area (Å²) in [6.45, 7) is 2.52. The smallest absolute Gasteiger partial charge is 0.228 e. The maximum Gasteiger partial charge on any atom is 0.228 e. The summed E-state index contributed by atoms with van der Waals surface area (Å²) >= 11 is 0. The molecule has 25 heavy (non-hydrogen) atoms. The fourth-order valence-corrected chi connectivity index (χ4v) is 2.48. The Morgan fingerprint density at radius 1 is 0.920 bits per heavy atom. The van der Waals surface area contributed by atoms with E-state index in [4.69, 9.17) is 18.9 Å². The van der Waals surface area contributed by atoms with Crippen molar-refractivity contribution in [1.82, 2.24) is 0 Å². The number of carbonyl (C=O) groups is 1. The van der Waals surface area contributed by atoms with E-state index in [2.05, 4.69) is 5.32 Å². The van der Waals surface area contributed by atoms with Crippen LogP contribution in [0.15, 0.2) is 36.4 Å². The van der Waals surface area contributed by atoms with Crippen LogP contribution in [0.2, 0.25) is 0 Å². The average molecular weight is 345 g/mol. The van der Waals surface area contributed by atoms with Crippen LogP contribution in [0.4, 0.5) is 5.69 Å². The molecule has 0 saturated carbocycles. The van der Waals surface area contributed by atoms with Crippen molar-refractivity contribution in [1.29, 1.82) is 0 Å². The summed E-state index contributed by atoms with van der Waals surface area (Å²) in [5.41, 5.74) is 1.41. The summed E-state index contributed by atoms with van der Waals surface area (Å²) < 4.78 is 21.4. The van der Waals surface area contributed by atoms with Crippen LogP contribution in [0.1, 0.15) is 12.5 Å². The SMILES string of the molecule is CCOc1ccc(NC(=O)Cc2ccc(OC)c(OC)c2OC)cc1. The summed E-state index contributed by atoms with van der Waals surface area (Å²) in [6.07, 6.45) is 0.150. The van der Waals surface area contributed by atoms with Gasteiger partial charge in [-0.1, -0.05) is 6.07 Å². The minimum Gasteiger partial charge on any atom is -0.494 e. The molecule has 0 aliphatic rings. The topological polar surface area (TPSA) is 66.0 Å². The highest BCUT2D eigenvalue weighted by molar-refractivity contribution is 5.92. The Morgan fingerprint density at radius 3 is 2.16 bits per heavy atom. The van der Waals surface area contributed by atoms with Gasteiger partial charge in [0.15, 0.2) is 11.5 Å². The van der Waals surface area contributed by atoms with Gasteiger partial charge in [0, 0.05) is 11.3 Å². The second-order valence-electron chi connectivity index (χ2n) is 5.18. The Bertz CT molecular complexity index is 712. The molecule has 0 radical (unpaired) electrons. The molecule has 2 rings (SSSR count). The fourth-order valence-electron chi connectivity index (χ4n) is 2.48. The highest BCUT2D eigenvalue weighted by atomic mass is 16.5. The van der Waals surface area contributed by atoms with Gasteiger partial charge in [0.1, 0.15) is 5.75 Å². The first-order valence-electron chi connectivity index (χ1n) is 7.93. The number of carbonyl (C=O) groups excluding carboxylic acids is 1. The third kappa shape index (κ3) is 4.56. The second kappa shape index (κ2) is 8.82. The van der Waals surface area contributed by atoms with E-state index < -0.39 is 0 Å². The van der Waals surface area contributed by atoms with Gasteiger partial charge in [-0.05, 0) is 37.3 Å². The Hall–Kier alpha value is -2.89. The number of anilines is 1. The summed E-state index contributed by atoms with van der Waals surface area (Å²) in [5, 5.41) is 2.86. The van der Waals surface area contributed by atoms with E-state index in [1.807, 2.05) is 19.1 Å². The zero-order chi connectivity index (χ0) is 18.2. The van der Waals surface area contributed by atoms with E-state index in [9.17, 15) is 4.79 Å². The monoisotopic (exact) mass is 345 g/mol. The molecule has 0 bridgehead atoms. The van der Waals surface area contributed by atoms with Crippen molar-refractivity contribution in [3.63, 3.8) is 0 Å². The molecule has 0 spiro atoms. The van der Waals surface area contributed by atoms with Gasteiger partial charge >= 0.3 is 0 Å². The normalized spacial score (nSPS) is 10.1. The lowest BCUT2D eigenvalue weighted by Crippen LogP contribution is -2.15. The van der Waals surface area contributed by atoms with Crippen LogP contribution >= 0.6 is 0 Å². The molecule has 6 nitrogen and oxygen atoms in total. The second-order valence-corrected chi connectivity index (χ2v) is 5.18. The molecule has 134 valence electrons. The van der Waals surface area contributed by atoms with Crippen molar-refractivity contribution >= 4 is 11.6 Å². The van der Waals surface area contributed by atoms with Crippen LogP contribution in [0.5, 0.6) is 23.0 Å². The molecule has 0 atom stereocenters. The maximum atomic E-state index is 12.3. The summed E-state index contributed by atoms with van der Waals surface area (Å²) in [7, 11) is 4.62. The molecule has 0 aliphatic carbocycles. The van der Waals surface area contributed by atoms with Crippen molar-refractivity contribution in [2.24, 2.45) is 0 Å². The number of rotatable bonds is 8. The molecule has 0 fully saturated rings. The van der Waals surface area contributed by atoms with Crippen molar-refractivity contribution in [3.05, 3.63) is 42.0 Å². The Kier molecular flexibility index (Phi) is 6.51. The molecule has 0 saturated heterocycles. The number of nitrogens with one attached hydrogen (secondary N) is 1. The highest BCUT2D eigenvalue weighted by Crippen LogP contribution is 2.39. The zero-order valence-corrected chi connectivity index (χ0v) is 14.9. The lowest BCUT2D eigenvalue weighted by atomic mass is 10.1. The lowest BCUT2D eigenvalue weighted by Gasteiger charge is -2.15. The van der Waals surface area contributed by atoms with E-state index in [0.29, 0.717) is 35.1 Å². The van der Waals surface area contributed by atoms with Crippen molar-refractivity contribution < 1.29 is 23.7 Å². The number of benzene rings is 2. The third-order valence-electron chi connectivity index (χ3n) is 3.59. The van der Waals surface area contributed by atoms with E-state index in [1.165, 1.54) is 14.2 Å². The van der Waals surface area contributed by atoms with Gasteiger partial charge in [0.05, 0.1) is 34.4 Å². The van der Waals surface area contributed by atoms with Crippen molar-refractivity contribution in [2.45, 2.75) is 13.3 Å². The van der Waals surface area contributed by atoms with Crippen LogP contribution in [-0.4, -0.2) is 33.8 Å². The molecule has 2 aromatic rings. The third-order valence-corrected chi connectivity index (χ3v) is 3.59. The Balaban J connectivity index is 2.12. The first kappa shape index (κ1) is 18.4. The van der Waals surface area contributed by atoms with Crippen LogP contribution in [0, 0.1) is 0 Å².